The molecule has 2 N–H and O–H groups in total. The number of pyridine rings is 2. The number of allylic oxidation sites excluding steroid dienone is 4. The van der Waals surface area contributed by atoms with Crippen molar-refractivity contribution in [1.82, 2.24) is 20.6 Å². The fourth-order valence-electron chi connectivity index (χ4n) is 3.20. The van der Waals surface area contributed by atoms with Crippen molar-refractivity contribution < 1.29 is 16.8 Å². The zero-order valence-electron chi connectivity index (χ0n) is 26.6. The van der Waals surface area contributed by atoms with Gasteiger partial charge < -0.3 is 10.6 Å². The van der Waals surface area contributed by atoms with Crippen molar-refractivity contribution in [3.8, 4) is 0 Å². The second kappa shape index (κ2) is 25.7. The van der Waals surface area contributed by atoms with E-state index < -0.39 is 0 Å². The molecule has 0 aliphatic heterocycles. The summed E-state index contributed by atoms with van der Waals surface area (Å²) in [5.41, 5.74) is 6.85. The summed E-state index contributed by atoms with van der Waals surface area (Å²) in [6.45, 7) is 16.0. The molecular formula is C36H44CoN6O2. The van der Waals surface area contributed by atoms with Crippen LogP contribution >= 0.6 is 0 Å². The number of nitrogens with one attached hydrogen (secondary N) is 2. The van der Waals surface area contributed by atoms with Crippen LogP contribution in [-0.4, -0.2) is 23.1 Å². The molecule has 0 bridgehead atoms. The average Bonchev–Trinajstić information content (AvgIpc) is 3.06. The summed E-state index contributed by atoms with van der Waals surface area (Å²) in [5.74, 6) is 0. The third-order valence-electron chi connectivity index (χ3n) is 6.04. The Morgan fingerprint density at radius 1 is 0.578 bits per heavy atom. The minimum Gasteiger partial charge on any atom is -0.387 e. The van der Waals surface area contributed by atoms with E-state index in [1.54, 1.807) is 26.2 Å². The van der Waals surface area contributed by atoms with Crippen LogP contribution in [0.2, 0.25) is 0 Å². The van der Waals surface area contributed by atoms with Crippen molar-refractivity contribution >= 4 is 0 Å². The molecular weight excluding hydrogens is 607 g/mol. The summed E-state index contributed by atoms with van der Waals surface area (Å²) in [6.07, 6.45) is 5.22. The van der Waals surface area contributed by atoms with E-state index in [0.717, 1.165) is 59.8 Å². The molecule has 0 aliphatic carbocycles. The summed E-state index contributed by atoms with van der Waals surface area (Å²) in [5, 5.41) is 12.0. The number of aromatic nitrogens is 2. The molecule has 1 radical (unpaired) electrons. The van der Waals surface area contributed by atoms with Crippen LogP contribution in [0.4, 0.5) is 0 Å². The first-order valence-corrected chi connectivity index (χ1v) is 14.3. The maximum Gasteiger partial charge on any atom is 2.00 e. The van der Waals surface area contributed by atoms with Crippen molar-refractivity contribution in [3.63, 3.8) is 0 Å². The third kappa shape index (κ3) is 20.7. The van der Waals surface area contributed by atoms with Crippen molar-refractivity contribution in [1.29, 1.82) is 0 Å². The predicted octanol–water partition coefficient (Wildman–Crippen LogP) is 8.20. The normalized spacial score (nSPS) is 10.6. The van der Waals surface area contributed by atoms with E-state index in [1.165, 1.54) is 0 Å². The smallest absolute Gasteiger partial charge is 0.387 e. The van der Waals surface area contributed by atoms with E-state index in [4.69, 9.17) is 0 Å². The Labute approximate surface area is 279 Å². The van der Waals surface area contributed by atoms with Crippen molar-refractivity contribution in [3.05, 3.63) is 178 Å². The van der Waals surface area contributed by atoms with Crippen LogP contribution in [-0.2, 0) is 29.6 Å². The van der Waals surface area contributed by atoms with Crippen LogP contribution in [0.3, 0.4) is 0 Å². The van der Waals surface area contributed by atoms with Gasteiger partial charge in [0.2, 0.25) is 0 Å². The minimum atomic E-state index is 0. The Hall–Kier alpha value is -4.73. The molecule has 0 saturated carbocycles. The molecule has 0 unspecified atom stereocenters. The molecule has 45 heavy (non-hydrogen) atoms. The second-order valence-electron chi connectivity index (χ2n) is 9.57. The van der Waals surface area contributed by atoms with Crippen LogP contribution in [0.25, 0.3) is 0 Å². The Balaban J connectivity index is 0.000000602. The van der Waals surface area contributed by atoms with Gasteiger partial charge in [0.15, 0.2) is 0 Å². The zero-order valence-corrected chi connectivity index (χ0v) is 27.6. The van der Waals surface area contributed by atoms with Crippen LogP contribution < -0.4 is 10.6 Å². The molecule has 0 amide bonds. The fourth-order valence-corrected chi connectivity index (χ4v) is 3.20. The summed E-state index contributed by atoms with van der Waals surface area (Å²) >= 11 is 0. The molecule has 2 heterocycles. The molecule has 239 valence electrons. The Kier molecular flexibility index (Phi) is 23.0. The first kappa shape index (κ1) is 40.3. The van der Waals surface area contributed by atoms with Gasteiger partial charge in [0, 0.05) is 61.1 Å². The maximum atomic E-state index is 10.2. The van der Waals surface area contributed by atoms with E-state index in [1.807, 2.05) is 111 Å². The molecule has 9 heteroatoms. The molecule has 2 aromatic heterocycles. The van der Waals surface area contributed by atoms with Crippen LogP contribution in [0, 0.1) is 23.7 Å². The van der Waals surface area contributed by atoms with E-state index in [0.29, 0.717) is 11.4 Å². The quantitative estimate of drug-likeness (QED) is 0.132. The fraction of sp³-hybridized carbons (Fsp3) is 0.222. The number of nitrogens with zero attached hydrogens (tertiary/aromatic N) is 4. The van der Waals surface area contributed by atoms with Gasteiger partial charge in [-0.05, 0) is 62.3 Å². The van der Waals surface area contributed by atoms with Gasteiger partial charge in [-0.15, -0.1) is 34.1 Å². The number of hydrogen-bond donors (Lipinski definition) is 2. The molecule has 0 atom stereocenters. The summed E-state index contributed by atoms with van der Waals surface area (Å²) in [6, 6.07) is 31.4. The predicted molar refractivity (Wildman–Crippen MR) is 182 cm³/mol. The van der Waals surface area contributed by atoms with Crippen LogP contribution in [0.15, 0.2) is 143 Å². The molecule has 0 fully saturated rings. The number of rotatable bonds is 10. The molecule has 0 spiro atoms. The average molecular weight is 652 g/mol. The summed E-state index contributed by atoms with van der Waals surface area (Å²) < 4.78 is 0. The van der Waals surface area contributed by atoms with Crippen molar-refractivity contribution in [2.75, 3.05) is 13.1 Å². The first-order chi connectivity index (χ1) is 21.3. The number of nitroso groups, excluding NO2 is 2. The van der Waals surface area contributed by atoms with E-state index in [2.05, 4.69) is 44.8 Å². The van der Waals surface area contributed by atoms with Gasteiger partial charge in [0.25, 0.3) is 0 Å². The van der Waals surface area contributed by atoms with Gasteiger partial charge in [-0.3, -0.25) is 9.97 Å². The largest absolute Gasteiger partial charge is 2.00 e. The number of benzene rings is 2. The zero-order chi connectivity index (χ0) is 32.4. The van der Waals surface area contributed by atoms with E-state index in [9.17, 15) is 9.81 Å². The van der Waals surface area contributed by atoms with Gasteiger partial charge in [0.1, 0.15) is 11.4 Å². The second-order valence-corrected chi connectivity index (χ2v) is 9.57. The molecule has 4 rings (SSSR count). The Morgan fingerprint density at radius 2 is 0.911 bits per heavy atom. The molecule has 2 aromatic carbocycles. The molecule has 0 aliphatic rings. The van der Waals surface area contributed by atoms with E-state index in [-0.39, 0.29) is 16.8 Å². The Bertz CT molecular complexity index is 1280. The van der Waals surface area contributed by atoms with Crippen molar-refractivity contribution in [2.24, 2.45) is 10.4 Å². The monoisotopic (exact) mass is 651 g/mol. The summed E-state index contributed by atoms with van der Waals surface area (Å²) in [7, 11) is 0. The van der Waals surface area contributed by atoms with Gasteiger partial charge >= 0.3 is 16.8 Å². The number of hydrogen-bond acceptors (Lipinski definition) is 8. The molecule has 0 saturated heterocycles. The Morgan fingerprint density at radius 3 is 1.16 bits per heavy atom. The SMILES string of the molecule is CC(N=O)=C(C)NCCc1ccccn1.CC(N=O)=C(C)NCCc1ccccn1.[CH2-]c1ccccc1.[CH2-]c1ccccc1.[Co+2]. The van der Waals surface area contributed by atoms with Gasteiger partial charge in [-0.2, -0.15) is 49.2 Å². The van der Waals surface area contributed by atoms with Gasteiger partial charge in [-0.1, -0.05) is 24.3 Å². The van der Waals surface area contributed by atoms with Gasteiger partial charge in [0.05, 0.1) is 0 Å². The first-order valence-electron chi connectivity index (χ1n) is 14.3. The standard InChI is InChI=1S/2C11H15N3O.2C7H7.Co/c2*1-9(10(2)14-15)12-8-6-11-5-3-4-7-13-11;2*1-7-5-3-2-4-6-7;/h2*3-5,7,12H,6,8H2,1-2H3;2*2-6H,1H2;/q;;2*-1;+2. The minimum absolute atomic E-state index is 0. The van der Waals surface area contributed by atoms with Crippen molar-refractivity contribution in [2.45, 2.75) is 40.5 Å². The van der Waals surface area contributed by atoms with Gasteiger partial charge in [-0.25, -0.2) is 0 Å². The molecule has 8 nitrogen and oxygen atoms in total. The maximum absolute atomic E-state index is 10.2. The third-order valence-corrected chi connectivity index (χ3v) is 6.04. The van der Waals surface area contributed by atoms with Crippen LogP contribution in [0.1, 0.15) is 50.2 Å². The topological polar surface area (TPSA) is 109 Å². The summed E-state index contributed by atoms with van der Waals surface area (Å²) in [4.78, 5) is 28.8. The molecule has 4 aromatic rings. The van der Waals surface area contributed by atoms with E-state index >= 15 is 0 Å². The van der Waals surface area contributed by atoms with Crippen LogP contribution in [0.5, 0.6) is 0 Å².